The van der Waals surface area contributed by atoms with Crippen LogP contribution >= 0.6 is 0 Å². The number of hydrogen-bond donors (Lipinski definition) is 1. The van der Waals surface area contributed by atoms with Gasteiger partial charge in [0.25, 0.3) is 5.56 Å². The Morgan fingerprint density at radius 3 is 2.36 bits per heavy atom. The fraction of sp³-hybridized carbons (Fsp3) is 0.292. The van der Waals surface area contributed by atoms with Gasteiger partial charge < -0.3 is 5.32 Å². The second-order valence-electron chi connectivity index (χ2n) is 7.60. The van der Waals surface area contributed by atoms with Crippen LogP contribution in [0.1, 0.15) is 32.4 Å². The molecule has 1 amide bonds. The van der Waals surface area contributed by atoms with Gasteiger partial charge in [0.1, 0.15) is 6.04 Å². The number of benzene rings is 2. The van der Waals surface area contributed by atoms with Crippen molar-refractivity contribution in [3.8, 4) is 11.3 Å². The smallest absolute Gasteiger partial charge is 0.267 e. The Kier molecular flexibility index (Phi) is 7.45. The Hall–Kier alpha value is -3.30. The molecule has 1 aromatic heterocycles. The summed E-state index contributed by atoms with van der Waals surface area (Å²) in [4.78, 5) is 25.3. The molecular weight excluding hydrogens is 440 g/mol. The van der Waals surface area contributed by atoms with Gasteiger partial charge >= 0.3 is 0 Å². The molecule has 0 spiro atoms. The first-order chi connectivity index (χ1) is 15.7. The maximum atomic E-state index is 13.1. The third-order valence-electron chi connectivity index (χ3n) is 5.42. The first kappa shape index (κ1) is 24.3. The van der Waals surface area contributed by atoms with E-state index in [-0.39, 0.29) is 10.8 Å². The average Bonchev–Trinajstić information content (AvgIpc) is 2.80. The molecule has 0 unspecified atom stereocenters. The molecule has 8 nitrogen and oxygen atoms in total. The summed E-state index contributed by atoms with van der Waals surface area (Å²) in [5.41, 5.74) is 1.73. The van der Waals surface area contributed by atoms with Gasteiger partial charge in [0, 0.05) is 30.4 Å². The van der Waals surface area contributed by atoms with Crippen molar-refractivity contribution in [3.63, 3.8) is 0 Å². The molecule has 0 aliphatic carbocycles. The minimum Gasteiger partial charge on any atom is -0.324 e. The number of nitrogens with zero attached hydrogens (tertiary/aromatic N) is 3. The Labute approximate surface area is 193 Å². The second kappa shape index (κ2) is 10.1. The van der Waals surface area contributed by atoms with Gasteiger partial charge in [-0.3, -0.25) is 9.59 Å². The zero-order valence-corrected chi connectivity index (χ0v) is 20.0. The number of para-hydroxylation sites is 1. The number of aryl methyl sites for hydroxylation is 1. The number of carbonyl (C=O) groups excluding carboxylic acids is 1. The molecule has 0 bridgehead atoms. The van der Waals surface area contributed by atoms with Crippen LogP contribution in [-0.2, 0) is 14.8 Å². The van der Waals surface area contributed by atoms with E-state index in [0.717, 1.165) is 4.68 Å². The molecule has 3 rings (SSSR count). The summed E-state index contributed by atoms with van der Waals surface area (Å²) in [6.45, 7) is 7.63. The van der Waals surface area contributed by atoms with Crippen LogP contribution in [0, 0.1) is 6.92 Å². The van der Waals surface area contributed by atoms with Crippen molar-refractivity contribution < 1.29 is 13.2 Å². The highest BCUT2D eigenvalue weighted by atomic mass is 32.2. The molecule has 0 saturated heterocycles. The lowest BCUT2D eigenvalue weighted by atomic mass is 10.1. The first-order valence-corrected chi connectivity index (χ1v) is 12.2. The van der Waals surface area contributed by atoms with Crippen LogP contribution in [0.4, 0.5) is 5.69 Å². The number of sulfonamides is 1. The Morgan fingerprint density at radius 2 is 1.73 bits per heavy atom. The second-order valence-corrected chi connectivity index (χ2v) is 9.51. The summed E-state index contributed by atoms with van der Waals surface area (Å²) >= 11 is 0. The minimum absolute atomic E-state index is 0.193. The molecule has 1 atom stereocenters. The van der Waals surface area contributed by atoms with Gasteiger partial charge in [-0.15, -0.1) is 0 Å². The number of rotatable bonds is 8. The van der Waals surface area contributed by atoms with Crippen LogP contribution in [0.25, 0.3) is 11.3 Å². The molecule has 174 valence electrons. The lowest BCUT2D eigenvalue weighted by molar-refractivity contribution is -0.119. The summed E-state index contributed by atoms with van der Waals surface area (Å²) in [7, 11) is -3.67. The van der Waals surface area contributed by atoms with Crippen LogP contribution in [0.2, 0.25) is 0 Å². The van der Waals surface area contributed by atoms with Crippen LogP contribution in [-0.4, -0.2) is 41.5 Å². The number of amides is 1. The molecule has 0 aliphatic heterocycles. The van der Waals surface area contributed by atoms with Gasteiger partial charge in [-0.2, -0.15) is 9.40 Å². The Bertz CT molecular complexity index is 1300. The summed E-state index contributed by atoms with van der Waals surface area (Å²) in [5, 5.41) is 7.14. The molecule has 0 fully saturated rings. The van der Waals surface area contributed by atoms with Crippen molar-refractivity contribution in [1.29, 1.82) is 0 Å². The van der Waals surface area contributed by atoms with E-state index < -0.39 is 21.6 Å². The van der Waals surface area contributed by atoms with Crippen LogP contribution < -0.4 is 10.9 Å². The summed E-state index contributed by atoms with van der Waals surface area (Å²) < 4.78 is 28.7. The standard InChI is InChI=1S/C24H28N4O4S/c1-5-27(6-2)33(31,32)22-16-19(13-12-17(22)3)21-14-15-23(29)28(26-21)18(4)24(30)25-20-10-8-7-9-11-20/h7-16,18H,5-6H2,1-4H3,(H,25,30)/t18-/m0/s1. The molecular formula is C24H28N4O4S. The molecule has 1 heterocycles. The van der Waals surface area contributed by atoms with Gasteiger partial charge in [-0.05, 0) is 43.7 Å². The molecule has 1 N–H and O–H groups in total. The predicted octanol–water partition coefficient (Wildman–Crippen LogP) is 3.45. The third-order valence-corrected chi connectivity index (χ3v) is 7.61. The maximum Gasteiger partial charge on any atom is 0.267 e. The van der Waals surface area contributed by atoms with Crippen LogP contribution in [0.5, 0.6) is 0 Å². The topological polar surface area (TPSA) is 101 Å². The van der Waals surface area contributed by atoms with Gasteiger partial charge in [0.05, 0.1) is 10.6 Å². The molecule has 2 aromatic carbocycles. The molecule has 0 radical (unpaired) electrons. The van der Waals surface area contributed by atoms with E-state index in [2.05, 4.69) is 10.4 Å². The molecule has 9 heteroatoms. The molecule has 0 saturated carbocycles. The number of anilines is 1. The fourth-order valence-electron chi connectivity index (χ4n) is 3.48. The predicted molar refractivity (Wildman–Crippen MR) is 129 cm³/mol. The highest BCUT2D eigenvalue weighted by molar-refractivity contribution is 7.89. The normalized spacial score (nSPS) is 12.5. The third kappa shape index (κ3) is 5.20. The lowest BCUT2D eigenvalue weighted by Crippen LogP contribution is -2.33. The van der Waals surface area contributed by atoms with Gasteiger partial charge in [0.15, 0.2) is 0 Å². The number of nitrogens with one attached hydrogen (secondary N) is 1. The van der Waals surface area contributed by atoms with Gasteiger partial charge in [0.2, 0.25) is 15.9 Å². The van der Waals surface area contributed by atoms with E-state index in [1.165, 1.54) is 16.4 Å². The van der Waals surface area contributed by atoms with Crippen molar-refractivity contribution in [2.45, 2.75) is 38.6 Å². The zero-order valence-electron chi connectivity index (χ0n) is 19.1. The van der Waals surface area contributed by atoms with E-state index in [0.29, 0.717) is 35.6 Å². The van der Waals surface area contributed by atoms with E-state index in [4.69, 9.17) is 0 Å². The molecule has 0 aliphatic rings. The van der Waals surface area contributed by atoms with Crippen molar-refractivity contribution in [3.05, 3.63) is 76.6 Å². The summed E-state index contributed by atoms with van der Waals surface area (Å²) in [6, 6.07) is 16.0. The largest absolute Gasteiger partial charge is 0.324 e. The highest BCUT2D eigenvalue weighted by Crippen LogP contribution is 2.26. The number of aromatic nitrogens is 2. The van der Waals surface area contributed by atoms with E-state index in [9.17, 15) is 18.0 Å². The maximum absolute atomic E-state index is 13.1. The quantitative estimate of drug-likeness (QED) is 0.546. The zero-order chi connectivity index (χ0) is 24.2. The molecule has 3 aromatic rings. The van der Waals surface area contributed by atoms with Crippen molar-refractivity contribution in [1.82, 2.24) is 14.1 Å². The monoisotopic (exact) mass is 468 g/mol. The molecule has 33 heavy (non-hydrogen) atoms. The van der Waals surface area contributed by atoms with Gasteiger partial charge in [-0.1, -0.05) is 44.2 Å². The Balaban J connectivity index is 1.98. The fourth-order valence-corrected chi connectivity index (χ4v) is 5.18. The Morgan fingerprint density at radius 1 is 1.06 bits per heavy atom. The number of hydrogen-bond acceptors (Lipinski definition) is 5. The van der Waals surface area contributed by atoms with E-state index in [1.54, 1.807) is 70.2 Å². The summed E-state index contributed by atoms with van der Waals surface area (Å²) in [5.74, 6) is -0.387. The SMILES string of the molecule is CCN(CC)S(=O)(=O)c1cc(-c2ccc(=O)n([C@@H](C)C(=O)Nc3ccccc3)n2)ccc1C. The lowest BCUT2D eigenvalue weighted by Gasteiger charge is -2.20. The van der Waals surface area contributed by atoms with Crippen molar-refractivity contribution in [2.24, 2.45) is 0 Å². The minimum atomic E-state index is -3.67. The highest BCUT2D eigenvalue weighted by Gasteiger charge is 2.24. The van der Waals surface area contributed by atoms with Crippen LogP contribution in [0.3, 0.4) is 0 Å². The van der Waals surface area contributed by atoms with Crippen molar-refractivity contribution in [2.75, 3.05) is 18.4 Å². The summed E-state index contributed by atoms with van der Waals surface area (Å²) in [6.07, 6.45) is 0. The van der Waals surface area contributed by atoms with Gasteiger partial charge in [-0.25, -0.2) is 13.1 Å². The van der Waals surface area contributed by atoms with E-state index >= 15 is 0 Å². The number of carbonyl (C=O) groups is 1. The first-order valence-electron chi connectivity index (χ1n) is 10.8. The average molecular weight is 469 g/mol. The van der Waals surface area contributed by atoms with E-state index in [1.807, 2.05) is 6.07 Å². The van der Waals surface area contributed by atoms with Crippen LogP contribution in [0.15, 0.2) is 70.4 Å². The van der Waals surface area contributed by atoms with Crippen molar-refractivity contribution >= 4 is 21.6 Å².